The number of allylic oxidation sites excluding steroid dienone is 4. The molecular formula is C7H6O3. The normalized spacial score (nSPS) is 18.5. The molecule has 1 rings (SSSR count). The van der Waals surface area contributed by atoms with Crippen LogP contribution in [0.4, 0.5) is 0 Å². The molecule has 0 aromatic carbocycles. The summed E-state index contributed by atoms with van der Waals surface area (Å²) in [6, 6.07) is 0. The molecule has 52 valence electrons. The molecule has 0 fully saturated rings. The first kappa shape index (κ1) is 6.74. The van der Waals surface area contributed by atoms with Crippen LogP contribution >= 0.6 is 0 Å². The third-order valence-electron chi connectivity index (χ3n) is 1.18. The van der Waals surface area contributed by atoms with Crippen molar-refractivity contribution in [2.45, 2.75) is 6.92 Å². The summed E-state index contributed by atoms with van der Waals surface area (Å²) in [5.41, 5.74) is 0.599. The summed E-state index contributed by atoms with van der Waals surface area (Å²) in [7, 11) is 0. The van der Waals surface area contributed by atoms with E-state index in [2.05, 4.69) is 0 Å². The van der Waals surface area contributed by atoms with Crippen molar-refractivity contribution in [1.82, 2.24) is 0 Å². The highest BCUT2D eigenvalue weighted by Gasteiger charge is 2.19. The highest BCUT2D eigenvalue weighted by atomic mass is 16.3. The van der Waals surface area contributed by atoms with E-state index in [-0.39, 0.29) is 0 Å². The molecule has 0 radical (unpaired) electrons. The summed E-state index contributed by atoms with van der Waals surface area (Å²) in [5.74, 6) is -1.95. The highest BCUT2D eigenvalue weighted by Crippen LogP contribution is 2.07. The fourth-order valence-electron chi connectivity index (χ4n) is 0.721. The van der Waals surface area contributed by atoms with Gasteiger partial charge in [0, 0.05) is 0 Å². The molecule has 1 N–H and O–H groups in total. The molecule has 3 nitrogen and oxygen atoms in total. The van der Waals surface area contributed by atoms with Crippen LogP contribution in [0.25, 0.3) is 0 Å². The van der Waals surface area contributed by atoms with Crippen LogP contribution in [-0.4, -0.2) is 16.7 Å². The second-order valence-electron chi connectivity index (χ2n) is 2.11. The Hall–Kier alpha value is -1.38. The van der Waals surface area contributed by atoms with E-state index < -0.39 is 17.3 Å². The number of hydrogen-bond donors (Lipinski definition) is 1. The van der Waals surface area contributed by atoms with Gasteiger partial charge in [0.25, 0.3) is 5.78 Å². The molecule has 0 saturated carbocycles. The van der Waals surface area contributed by atoms with Gasteiger partial charge in [0.2, 0.25) is 5.78 Å². The summed E-state index contributed by atoms with van der Waals surface area (Å²) in [5, 5.41) is 8.77. The van der Waals surface area contributed by atoms with Gasteiger partial charge in [0.05, 0.1) is 0 Å². The largest absolute Gasteiger partial charge is 0.504 e. The topological polar surface area (TPSA) is 54.4 Å². The fourth-order valence-corrected chi connectivity index (χ4v) is 0.721. The van der Waals surface area contributed by atoms with E-state index in [9.17, 15) is 9.59 Å². The summed E-state index contributed by atoms with van der Waals surface area (Å²) >= 11 is 0. The molecule has 0 aromatic rings. The number of carbonyl (C=O) groups excluding carboxylic acids is 2. The molecule has 0 aliphatic heterocycles. The Kier molecular flexibility index (Phi) is 1.41. The Balaban J connectivity index is 3.07. The van der Waals surface area contributed by atoms with E-state index in [1.807, 2.05) is 0 Å². The average Bonchev–Trinajstić information content (AvgIpc) is 1.82. The second kappa shape index (κ2) is 2.10. The van der Waals surface area contributed by atoms with Crippen LogP contribution in [0.1, 0.15) is 6.92 Å². The Morgan fingerprint density at radius 2 is 1.90 bits per heavy atom. The van der Waals surface area contributed by atoms with Gasteiger partial charge in [0.15, 0.2) is 5.76 Å². The van der Waals surface area contributed by atoms with Gasteiger partial charge in [-0.25, -0.2) is 0 Å². The Labute approximate surface area is 57.7 Å². The Bertz CT molecular complexity index is 255. The van der Waals surface area contributed by atoms with Crippen molar-refractivity contribution in [3.05, 3.63) is 23.5 Å². The van der Waals surface area contributed by atoms with Crippen molar-refractivity contribution >= 4 is 11.6 Å². The minimum atomic E-state index is -0.828. The SMILES string of the molecule is CC1=CC(=O)C(=O)C(O)=C1. The number of aliphatic hydroxyl groups is 1. The summed E-state index contributed by atoms with van der Waals surface area (Å²) in [6.07, 6.45) is 2.46. The Morgan fingerprint density at radius 1 is 1.30 bits per heavy atom. The monoisotopic (exact) mass is 138 g/mol. The zero-order valence-corrected chi connectivity index (χ0v) is 5.42. The van der Waals surface area contributed by atoms with Crippen molar-refractivity contribution in [2.75, 3.05) is 0 Å². The van der Waals surface area contributed by atoms with Gasteiger partial charge >= 0.3 is 0 Å². The highest BCUT2D eigenvalue weighted by molar-refractivity contribution is 6.47. The van der Waals surface area contributed by atoms with E-state index >= 15 is 0 Å². The number of Topliss-reactive ketones (excluding diaryl/α,β-unsaturated/α-hetero) is 1. The third kappa shape index (κ3) is 0.978. The average molecular weight is 138 g/mol. The van der Waals surface area contributed by atoms with Gasteiger partial charge in [-0.2, -0.15) is 0 Å². The molecule has 0 saturated heterocycles. The van der Waals surface area contributed by atoms with Crippen LogP contribution in [0, 0.1) is 0 Å². The molecule has 0 spiro atoms. The van der Waals surface area contributed by atoms with E-state index in [0.29, 0.717) is 5.57 Å². The van der Waals surface area contributed by atoms with E-state index in [4.69, 9.17) is 5.11 Å². The van der Waals surface area contributed by atoms with E-state index in [0.717, 1.165) is 0 Å². The van der Waals surface area contributed by atoms with E-state index in [1.165, 1.54) is 12.2 Å². The first-order valence-corrected chi connectivity index (χ1v) is 2.79. The van der Waals surface area contributed by atoms with Crippen molar-refractivity contribution < 1.29 is 14.7 Å². The maximum atomic E-state index is 10.6. The van der Waals surface area contributed by atoms with Crippen LogP contribution < -0.4 is 0 Å². The van der Waals surface area contributed by atoms with Gasteiger partial charge in [-0.15, -0.1) is 0 Å². The first-order valence-electron chi connectivity index (χ1n) is 2.79. The lowest BCUT2D eigenvalue weighted by atomic mass is 10.1. The first-order chi connectivity index (χ1) is 4.61. The lowest BCUT2D eigenvalue weighted by molar-refractivity contribution is -0.133. The van der Waals surface area contributed by atoms with E-state index in [1.54, 1.807) is 6.92 Å². The second-order valence-corrected chi connectivity index (χ2v) is 2.11. The van der Waals surface area contributed by atoms with Crippen molar-refractivity contribution in [3.8, 4) is 0 Å². The lowest BCUT2D eigenvalue weighted by Crippen LogP contribution is -2.17. The zero-order chi connectivity index (χ0) is 7.72. The predicted octanol–water partition coefficient (Wildman–Crippen LogP) is 0.526. The lowest BCUT2D eigenvalue weighted by Gasteiger charge is -2.01. The summed E-state index contributed by atoms with van der Waals surface area (Å²) < 4.78 is 0. The van der Waals surface area contributed by atoms with Gasteiger partial charge in [-0.05, 0) is 24.6 Å². The van der Waals surface area contributed by atoms with Gasteiger partial charge in [-0.3, -0.25) is 9.59 Å². The minimum absolute atomic E-state index is 0.468. The molecule has 0 amide bonds. The van der Waals surface area contributed by atoms with Gasteiger partial charge < -0.3 is 5.11 Å². The summed E-state index contributed by atoms with van der Waals surface area (Å²) in [6.45, 7) is 1.64. The van der Waals surface area contributed by atoms with Gasteiger partial charge in [0.1, 0.15) is 0 Å². The van der Waals surface area contributed by atoms with Crippen molar-refractivity contribution in [3.63, 3.8) is 0 Å². The Morgan fingerprint density at radius 3 is 2.40 bits per heavy atom. The standard InChI is InChI=1S/C7H6O3/c1-4-2-5(8)7(10)6(9)3-4/h2-3,8H,1H3. The molecule has 0 aromatic heterocycles. The van der Waals surface area contributed by atoms with Crippen LogP contribution in [0.2, 0.25) is 0 Å². The number of ketones is 2. The molecular weight excluding hydrogens is 132 g/mol. The smallest absolute Gasteiger partial charge is 0.267 e. The molecule has 3 heteroatoms. The van der Waals surface area contributed by atoms with Gasteiger partial charge in [-0.1, -0.05) is 0 Å². The maximum Gasteiger partial charge on any atom is 0.267 e. The van der Waals surface area contributed by atoms with Crippen LogP contribution in [0.5, 0.6) is 0 Å². The van der Waals surface area contributed by atoms with Crippen molar-refractivity contribution in [2.24, 2.45) is 0 Å². The molecule has 1 aliphatic rings. The maximum absolute atomic E-state index is 10.6. The molecule has 10 heavy (non-hydrogen) atoms. The minimum Gasteiger partial charge on any atom is -0.504 e. The van der Waals surface area contributed by atoms with Crippen molar-refractivity contribution in [1.29, 1.82) is 0 Å². The third-order valence-corrected chi connectivity index (χ3v) is 1.18. The van der Waals surface area contributed by atoms with Crippen LogP contribution in [0.15, 0.2) is 23.5 Å². The predicted molar refractivity (Wildman–Crippen MR) is 34.5 cm³/mol. The fraction of sp³-hybridized carbons (Fsp3) is 0.143. The number of aliphatic hydroxyl groups excluding tert-OH is 1. The van der Waals surface area contributed by atoms with Crippen LogP contribution in [-0.2, 0) is 9.59 Å². The number of rotatable bonds is 0. The van der Waals surface area contributed by atoms with Crippen LogP contribution in [0.3, 0.4) is 0 Å². The zero-order valence-electron chi connectivity index (χ0n) is 5.42. The molecule has 0 unspecified atom stereocenters. The quantitative estimate of drug-likeness (QED) is 0.392. The number of hydrogen-bond acceptors (Lipinski definition) is 3. The summed E-state index contributed by atoms with van der Waals surface area (Å²) in [4.78, 5) is 21.1. The molecule has 0 heterocycles. The number of carbonyl (C=O) groups is 2. The molecule has 0 atom stereocenters. The molecule has 0 bridgehead atoms. The molecule has 1 aliphatic carbocycles.